The lowest BCUT2D eigenvalue weighted by atomic mass is 9.91. The van der Waals surface area contributed by atoms with Crippen LogP contribution < -0.4 is 4.90 Å². The van der Waals surface area contributed by atoms with Crippen LogP contribution in [0.1, 0.15) is 19.3 Å². The summed E-state index contributed by atoms with van der Waals surface area (Å²) >= 11 is 0. The Morgan fingerprint density at radius 2 is 2.35 bits per heavy atom. The molecule has 6 heteroatoms. The van der Waals surface area contributed by atoms with Crippen molar-refractivity contribution >= 4 is 11.5 Å². The molecular formula is C11H15N3O3. The van der Waals surface area contributed by atoms with Gasteiger partial charge in [0, 0.05) is 24.8 Å². The van der Waals surface area contributed by atoms with Gasteiger partial charge in [-0.3, -0.25) is 10.1 Å². The molecule has 0 radical (unpaired) electrons. The normalized spacial score (nSPS) is 15.4. The fraction of sp³-hybridized carbons (Fsp3) is 0.545. The number of hydrogen-bond donors (Lipinski definition) is 1. The molecule has 0 aromatic carbocycles. The standard InChI is InChI=1S/C11H15N3O3/c15-8-7-13(9-3-1-4-9)11-10(14(16)17)5-2-6-12-11/h2,5-6,9,15H,1,3-4,7-8H2. The van der Waals surface area contributed by atoms with Crippen LogP contribution >= 0.6 is 0 Å². The molecule has 0 unspecified atom stereocenters. The minimum Gasteiger partial charge on any atom is -0.395 e. The predicted molar refractivity (Wildman–Crippen MR) is 63.0 cm³/mol. The molecule has 1 aliphatic rings. The molecule has 17 heavy (non-hydrogen) atoms. The molecule has 0 bridgehead atoms. The van der Waals surface area contributed by atoms with E-state index in [0.717, 1.165) is 19.3 Å². The molecule has 6 nitrogen and oxygen atoms in total. The van der Waals surface area contributed by atoms with Gasteiger partial charge >= 0.3 is 5.69 Å². The highest BCUT2D eigenvalue weighted by atomic mass is 16.6. The van der Waals surface area contributed by atoms with E-state index in [-0.39, 0.29) is 18.3 Å². The molecule has 1 aromatic heterocycles. The Balaban J connectivity index is 2.30. The van der Waals surface area contributed by atoms with E-state index < -0.39 is 4.92 Å². The smallest absolute Gasteiger partial charge is 0.311 e. The van der Waals surface area contributed by atoms with Crippen molar-refractivity contribution in [1.82, 2.24) is 4.98 Å². The Morgan fingerprint density at radius 1 is 1.59 bits per heavy atom. The Labute approximate surface area is 99.0 Å². The van der Waals surface area contributed by atoms with Crippen LogP contribution in [0.15, 0.2) is 18.3 Å². The third-order valence-corrected chi connectivity index (χ3v) is 3.09. The van der Waals surface area contributed by atoms with Crippen LogP contribution in [0.2, 0.25) is 0 Å². The summed E-state index contributed by atoms with van der Waals surface area (Å²) in [5, 5.41) is 20.0. The number of aromatic nitrogens is 1. The molecule has 0 spiro atoms. The highest BCUT2D eigenvalue weighted by Crippen LogP contribution is 2.32. The first-order valence-corrected chi connectivity index (χ1v) is 5.71. The molecule has 1 aromatic rings. The number of hydrogen-bond acceptors (Lipinski definition) is 5. The van der Waals surface area contributed by atoms with Crippen molar-refractivity contribution < 1.29 is 10.0 Å². The van der Waals surface area contributed by atoms with Gasteiger partial charge in [-0.25, -0.2) is 4.98 Å². The topological polar surface area (TPSA) is 79.5 Å². The van der Waals surface area contributed by atoms with Gasteiger partial charge in [0.15, 0.2) is 0 Å². The van der Waals surface area contributed by atoms with Crippen molar-refractivity contribution in [3.63, 3.8) is 0 Å². The first-order chi connectivity index (χ1) is 8.24. The van der Waals surface area contributed by atoms with E-state index >= 15 is 0 Å². The summed E-state index contributed by atoms with van der Waals surface area (Å²) in [5.41, 5.74) is 0.00727. The fourth-order valence-electron chi connectivity index (χ4n) is 2.02. The van der Waals surface area contributed by atoms with Crippen molar-refractivity contribution in [3.8, 4) is 0 Å². The van der Waals surface area contributed by atoms with Crippen molar-refractivity contribution in [2.45, 2.75) is 25.3 Å². The van der Waals surface area contributed by atoms with E-state index in [1.54, 1.807) is 12.3 Å². The zero-order valence-electron chi connectivity index (χ0n) is 9.45. The maximum Gasteiger partial charge on any atom is 0.311 e. The molecular weight excluding hydrogens is 222 g/mol. The highest BCUT2D eigenvalue weighted by Gasteiger charge is 2.30. The van der Waals surface area contributed by atoms with Gasteiger partial charge in [0.25, 0.3) is 0 Å². The van der Waals surface area contributed by atoms with Gasteiger partial charge in [0.1, 0.15) is 0 Å². The molecule has 1 heterocycles. The Morgan fingerprint density at radius 3 is 2.88 bits per heavy atom. The quantitative estimate of drug-likeness (QED) is 0.617. The largest absolute Gasteiger partial charge is 0.395 e. The summed E-state index contributed by atoms with van der Waals surface area (Å²) in [4.78, 5) is 16.5. The molecule has 1 N–H and O–H groups in total. The maximum absolute atomic E-state index is 10.9. The second-order valence-electron chi connectivity index (χ2n) is 4.10. The zero-order valence-corrected chi connectivity index (χ0v) is 9.45. The predicted octanol–water partition coefficient (Wildman–Crippen LogP) is 1.34. The van der Waals surface area contributed by atoms with Gasteiger partial charge in [-0.05, 0) is 25.3 Å². The molecule has 0 atom stereocenters. The summed E-state index contributed by atoms with van der Waals surface area (Å²) in [5.74, 6) is 0.372. The molecule has 2 rings (SSSR count). The average Bonchev–Trinajstić information content (AvgIpc) is 2.26. The SMILES string of the molecule is O=[N+]([O-])c1cccnc1N(CCO)C1CCC1. The van der Waals surface area contributed by atoms with Gasteiger partial charge in [0.2, 0.25) is 5.82 Å². The van der Waals surface area contributed by atoms with E-state index in [1.807, 2.05) is 4.90 Å². The van der Waals surface area contributed by atoms with Crippen molar-refractivity contribution in [3.05, 3.63) is 28.4 Å². The lowest BCUT2D eigenvalue weighted by Gasteiger charge is -2.37. The first-order valence-electron chi connectivity index (χ1n) is 5.71. The molecule has 1 aliphatic carbocycles. The second kappa shape index (κ2) is 5.09. The van der Waals surface area contributed by atoms with E-state index in [9.17, 15) is 10.1 Å². The van der Waals surface area contributed by atoms with Crippen LogP contribution in [0, 0.1) is 10.1 Å². The van der Waals surface area contributed by atoms with E-state index in [1.165, 1.54) is 6.07 Å². The molecule has 92 valence electrons. The average molecular weight is 237 g/mol. The molecule has 1 saturated carbocycles. The first kappa shape index (κ1) is 11.8. The molecule has 0 amide bonds. The summed E-state index contributed by atoms with van der Waals surface area (Å²) in [6, 6.07) is 3.28. The summed E-state index contributed by atoms with van der Waals surface area (Å²) in [6.07, 6.45) is 4.69. The Hall–Kier alpha value is -1.69. The Kier molecular flexibility index (Phi) is 3.53. The number of nitro groups is 1. The highest BCUT2D eigenvalue weighted by molar-refractivity contribution is 5.58. The number of anilines is 1. The van der Waals surface area contributed by atoms with Gasteiger partial charge in [-0.2, -0.15) is 0 Å². The van der Waals surface area contributed by atoms with Crippen molar-refractivity contribution in [2.24, 2.45) is 0 Å². The van der Waals surface area contributed by atoms with E-state index in [4.69, 9.17) is 5.11 Å². The van der Waals surface area contributed by atoms with E-state index in [0.29, 0.717) is 12.4 Å². The fourth-order valence-corrected chi connectivity index (χ4v) is 2.02. The number of aliphatic hydroxyl groups excluding tert-OH is 1. The van der Waals surface area contributed by atoms with Crippen LogP contribution in [0.5, 0.6) is 0 Å². The third kappa shape index (κ3) is 2.36. The van der Waals surface area contributed by atoms with Gasteiger partial charge in [-0.1, -0.05) is 0 Å². The number of rotatable bonds is 5. The van der Waals surface area contributed by atoms with Crippen molar-refractivity contribution in [2.75, 3.05) is 18.1 Å². The zero-order chi connectivity index (χ0) is 12.3. The maximum atomic E-state index is 10.9. The minimum absolute atomic E-state index is 0.00727. The monoisotopic (exact) mass is 237 g/mol. The summed E-state index contributed by atoms with van der Waals surface area (Å²) in [6.45, 7) is 0.368. The second-order valence-corrected chi connectivity index (χ2v) is 4.10. The lowest BCUT2D eigenvalue weighted by molar-refractivity contribution is -0.384. The molecule has 0 saturated heterocycles. The van der Waals surface area contributed by atoms with Crippen molar-refractivity contribution in [1.29, 1.82) is 0 Å². The van der Waals surface area contributed by atoms with Crippen LogP contribution in [0.25, 0.3) is 0 Å². The third-order valence-electron chi connectivity index (χ3n) is 3.09. The van der Waals surface area contributed by atoms with Crippen LogP contribution in [0.3, 0.4) is 0 Å². The van der Waals surface area contributed by atoms with Crippen LogP contribution in [-0.2, 0) is 0 Å². The Bertz CT molecular complexity index is 407. The molecule has 0 aliphatic heterocycles. The van der Waals surface area contributed by atoms with Crippen LogP contribution in [0.4, 0.5) is 11.5 Å². The molecule has 1 fully saturated rings. The van der Waals surface area contributed by atoms with E-state index in [2.05, 4.69) is 4.98 Å². The number of nitrogens with zero attached hydrogens (tertiary/aromatic N) is 3. The van der Waals surface area contributed by atoms with Gasteiger partial charge in [-0.15, -0.1) is 0 Å². The lowest BCUT2D eigenvalue weighted by Crippen LogP contribution is -2.42. The summed E-state index contributed by atoms with van der Waals surface area (Å²) in [7, 11) is 0. The minimum atomic E-state index is -0.425. The van der Waals surface area contributed by atoms with Gasteiger partial charge in [0.05, 0.1) is 11.5 Å². The van der Waals surface area contributed by atoms with Crippen LogP contribution in [-0.4, -0.2) is 34.2 Å². The number of pyridine rings is 1. The summed E-state index contributed by atoms with van der Waals surface area (Å²) < 4.78 is 0. The number of aliphatic hydroxyl groups is 1. The van der Waals surface area contributed by atoms with Gasteiger partial charge < -0.3 is 10.0 Å².